The molecule has 0 amide bonds. The van der Waals surface area contributed by atoms with Crippen LogP contribution in [0, 0.1) is 0 Å². The van der Waals surface area contributed by atoms with E-state index in [1.54, 1.807) is 29.7 Å². The number of thiazole rings is 1. The maximum Gasteiger partial charge on any atom is 0.338 e. The first-order chi connectivity index (χ1) is 21.1. The highest BCUT2D eigenvalue weighted by atomic mass is 79.9. The van der Waals surface area contributed by atoms with Crippen molar-refractivity contribution in [2.45, 2.75) is 39.7 Å². The summed E-state index contributed by atoms with van der Waals surface area (Å²) < 4.78 is 18.8. The van der Waals surface area contributed by atoms with Crippen LogP contribution in [0.3, 0.4) is 0 Å². The average molecular weight is 676 g/mol. The van der Waals surface area contributed by atoms with Crippen molar-refractivity contribution in [1.82, 2.24) is 4.57 Å². The fourth-order valence-electron chi connectivity index (χ4n) is 5.04. The van der Waals surface area contributed by atoms with Crippen molar-refractivity contribution < 1.29 is 23.8 Å². The molecule has 0 fully saturated rings. The third-order valence-electron chi connectivity index (χ3n) is 7.09. The van der Waals surface area contributed by atoms with Gasteiger partial charge in [0, 0.05) is 12.5 Å². The minimum absolute atomic E-state index is 0.174. The van der Waals surface area contributed by atoms with Crippen LogP contribution in [0.4, 0.5) is 0 Å². The van der Waals surface area contributed by atoms with E-state index in [0.29, 0.717) is 42.3 Å². The van der Waals surface area contributed by atoms with Crippen LogP contribution in [0.15, 0.2) is 86.6 Å². The number of rotatable bonds is 8. The lowest BCUT2D eigenvalue weighted by Gasteiger charge is -2.26. The Morgan fingerprint density at radius 2 is 1.80 bits per heavy atom. The molecule has 0 aliphatic carbocycles. The van der Waals surface area contributed by atoms with E-state index < -0.39 is 18.0 Å². The molecule has 0 bridgehead atoms. The maximum atomic E-state index is 14.2. The van der Waals surface area contributed by atoms with Gasteiger partial charge in [0.2, 0.25) is 0 Å². The summed E-state index contributed by atoms with van der Waals surface area (Å²) in [6.07, 6.45) is 1.73. The summed E-state index contributed by atoms with van der Waals surface area (Å²) in [7, 11) is 1.47. The Morgan fingerprint density at radius 1 is 1.09 bits per heavy atom. The first-order valence-electron chi connectivity index (χ1n) is 14.1. The van der Waals surface area contributed by atoms with Gasteiger partial charge < -0.3 is 14.2 Å². The number of ether oxygens (including phenoxy) is 3. The molecule has 5 rings (SSSR count). The standard InChI is InChI=1S/C34H31BrN2O6S/c1-6-42-33(40)28-29(23-10-8-7-9-11-23)36-34-37(30(28)24-14-12-22(13-15-24)19(2)3)32(39)27(44-34)18-21-16-25(35)31(43-20(4)38)26(17-21)41-5/h7-19,30H,6H2,1-5H3/b27-18-/t30-/m0/s1. The van der Waals surface area contributed by atoms with Crippen LogP contribution in [-0.4, -0.2) is 30.2 Å². The highest BCUT2D eigenvalue weighted by molar-refractivity contribution is 9.10. The molecule has 226 valence electrons. The highest BCUT2D eigenvalue weighted by Crippen LogP contribution is 2.38. The molecule has 44 heavy (non-hydrogen) atoms. The molecular formula is C34H31BrN2O6S. The minimum Gasteiger partial charge on any atom is -0.493 e. The lowest BCUT2D eigenvalue weighted by atomic mass is 9.91. The van der Waals surface area contributed by atoms with E-state index in [4.69, 9.17) is 19.2 Å². The van der Waals surface area contributed by atoms with Gasteiger partial charge in [-0.25, -0.2) is 9.79 Å². The number of nitrogens with zero attached hydrogens (tertiary/aromatic N) is 2. The molecule has 0 N–H and O–H groups in total. The summed E-state index contributed by atoms with van der Waals surface area (Å²) in [4.78, 5) is 44.8. The predicted octanol–water partition coefficient (Wildman–Crippen LogP) is 5.76. The molecule has 1 aliphatic heterocycles. The van der Waals surface area contributed by atoms with Crippen LogP contribution in [-0.2, 0) is 14.3 Å². The van der Waals surface area contributed by atoms with E-state index in [0.717, 1.165) is 16.7 Å². The molecule has 0 unspecified atom stereocenters. The van der Waals surface area contributed by atoms with Gasteiger partial charge in [0.25, 0.3) is 5.56 Å². The zero-order valence-electron chi connectivity index (χ0n) is 24.9. The molecule has 10 heteroatoms. The predicted molar refractivity (Wildman–Crippen MR) is 174 cm³/mol. The van der Waals surface area contributed by atoms with Crippen molar-refractivity contribution in [2.24, 2.45) is 4.99 Å². The second kappa shape index (κ2) is 13.2. The summed E-state index contributed by atoms with van der Waals surface area (Å²) in [5, 5.41) is 0. The summed E-state index contributed by atoms with van der Waals surface area (Å²) in [6, 6.07) is 20.1. The summed E-state index contributed by atoms with van der Waals surface area (Å²) in [5.41, 5.74) is 3.74. The van der Waals surface area contributed by atoms with Crippen LogP contribution < -0.4 is 24.4 Å². The summed E-state index contributed by atoms with van der Waals surface area (Å²) in [5.74, 6) is -0.132. The molecular weight excluding hydrogens is 644 g/mol. The zero-order valence-corrected chi connectivity index (χ0v) is 27.3. The van der Waals surface area contributed by atoms with Crippen molar-refractivity contribution in [1.29, 1.82) is 0 Å². The molecule has 1 aliphatic rings. The fourth-order valence-corrected chi connectivity index (χ4v) is 6.58. The number of aromatic nitrogens is 1. The number of esters is 2. The monoisotopic (exact) mass is 674 g/mol. The van der Waals surface area contributed by atoms with Crippen LogP contribution in [0.25, 0.3) is 11.8 Å². The summed E-state index contributed by atoms with van der Waals surface area (Å²) >= 11 is 4.67. The zero-order chi connectivity index (χ0) is 31.5. The Bertz CT molecular complexity index is 1940. The van der Waals surface area contributed by atoms with E-state index in [1.165, 1.54) is 25.4 Å². The molecule has 1 atom stereocenters. The fraction of sp³-hybridized carbons (Fsp3) is 0.235. The first kappa shape index (κ1) is 31.2. The number of halogens is 1. The number of carbonyl (C=O) groups excluding carboxylic acids is 2. The average Bonchev–Trinajstić information content (AvgIpc) is 3.31. The van der Waals surface area contributed by atoms with Gasteiger partial charge in [-0.2, -0.15) is 0 Å². The Labute approximate surface area is 267 Å². The van der Waals surface area contributed by atoms with Crippen LogP contribution in [0.1, 0.15) is 61.9 Å². The van der Waals surface area contributed by atoms with Gasteiger partial charge in [-0.1, -0.05) is 79.8 Å². The van der Waals surface area contributed by atoms with Gasteiger partial charge in [0.15, 0.2) is 16.3 Å². The Kier molecular flexibility index (Phi) is 9.31. The van der Waals surface area contributed by atoms with Crippen molar-refractivity contribution in [3.63, 3.8) is 0 Å². The molecule has 4 aromatic rings. The maximum absolute atomic E-state index is 14.2. The quantitative estimate of drug-likeness (QED) is 0.174. The second-order valence-electron chi connectivity index (χ2n) is 10.4. The molecule has 2 heterocycles. The smallest absolute Gasteiger partial charge is 0.338 e. The van der Waals surface area contributed by atoms with Gasteiger partial charge in [-0.3, -0.25) is 14.2 Å². The van der Waals surface area contributed by atoms with Gasteiger partial charge in [0.05, 0.1) is 40.0 Å². The lowest BCUT2D eigenvalue weighted by Crippen LogP contribution is -2.40. The van der Waals surface area contributed by atoms with Crippen LogP contribution in [0.2, 0.25) is 0 Å². The van der Waals surface area contributed by atoms with Gasteiger partial charge in [0.1, 0.15) is 0 Å². The van der Waals surface area contributed by atoms with E-state index in [9.17, 15) is 14.4 Å². The molecule has 0 spiro atoms. The van der Waals surface area contributed by atoms with Crippen molar-refractivity contribution in [2.75, 3.05) is 13.7 Å². The van der Waals surface area contributed by atoms with Gasteiger partial charge in [-0.15, -0.1) is 0 Å². The number of benzene rings is 3. The number of hydrogen-bond donors (Lipinski definition) is 0. The normalized spacial score (nSPS) is 14.7. The van der Waals surface area contributed by atoms with Crippen LogP contribution in [0.5, 0.6) is 11.5 Å². The molecule has 8 nitrogen and oxygen atoms in total. The number of carbonyl (C=O) groups is 2. The molecule has 0 radical (unpaired) electrons. The number of methoxy groups -OCH3 is 1. The lowest BCUT2D eigenvalue weighted by molar-refractivity contribution is -0.139. The van der Waals surface area contributed by atoms with E-state index in [2.05, 4.69) is 29.8 Å². The number of fused-ring (bicyclic) bond motifs is 1. The Balaban J connectivity index is 1.78. The summed E-state index contributed by atoms with van der Waals surface area (Å²) in [6.45, 7) is 7.46. The topological polar surface area (TPSA) is 96.2 Å². The van der Waals surface area contributed by atoms with Crippen LogP contribution >= 0.6 is 27.3 Å². The minimum atomic E-state index is -0.767. The molecule has 0 saturated heterocycles. The second-order valence-corrected chi connectivity index (χ2v) is 12.2. The highest BCUT2D eigenvalue weighted by Gasteiger charge is 2.35. The molecule has 3 aromatic carbocycles. The third-order valence-corrected chi connectivity index (χ3v) is 8.66. The van der Waals surface area contributed by atoms with E-state index in [1.807, 2.05) is 54.6 Å². The van der Waals surface area contributed by atoms with Gasteiger partial charge >= 0.3 is 11.9 Å². The molecule has 0 saturated carbocycles. The van der Waals surface area contributed by atoms with Crippen molar-refractivity contribution in [3.05, 3.63) is 119 Å². The SMILES string of the molecule is CCOC(=O)C1=C(c2ccccc2)N=c2s/c(=C\c3cc(Br)c(OC(C)=O)c(OC)c3)c(=O)n2[C@H]1c1ccc(C(C)C)cc1. The Hall–Kier alpha value is -4.28. The molecule has 1 aromatic heterocycles. The van der Waals surface area contributed by atoms with Crippen molar-refractivity contribution in [3.8, 4) is 11.5 Å². The van der Waals surface area contributed by atoms with Crippen molar-refractivity contribution >= 4 is 51.0 Å². The third kappa shape index (κ3) is 6.18. The largest absolute Gasteiger partial charge is 0.493 e. The van der Waals surface area contributed by atoms with Gasteiger partial charge in [-0.05, 0) is 63.7 Å². The van der Waals surface area contributed by atoms with E-state index >= 15 is 0 Å². The van der Waals surface area contributed by atoms with E-state index in [-0.39, 0.29) is 17.9 Å². The Morgan fingerprint density at radius 3 is 2.41 bits per heavy atom. The number of hydrogen-bond acceptors (Lipinski definition) is 8. The first-order valence-corrected chi connectivity index (χ1v) is 15.7.